The van der Waals surface area contributed by atoms with Gasteiger partial charge in [0.25, 0.3) is 0 Å². The molecule has 2 aromatic rings. The van der Waals surface area contributed by atoms with Crippen LogP contribution in [0.25, 0.3) is 11.3 Å². The molecule has 1 fully saturated rings. The van der Waals surface area contributed by atoms with Gasteiger partial charge in [0.2, 0.25) is 5.91 Å². The third-order valence-electron chi connectivity index (χ3n) is 4.86. The molecule has 3 rings (SSSR count). The van der Waals surface area contributed by atoms with Crippen molar-refractivity contribution in [1.82, 2.24) is 4.90 Å². The van der Waals surface area contributed by atoms with Crippen molar-refractivity contribution in [2.24, 2.45) is 5.73 Å². The molecule has 25 heavy (non-hydrogen) atoms. The Morgan fingerprint density at radius 2 is 2.12 bits per heavy atom. The number of benzene rings is 1. The Morgan fingerprint density at radius 1 is 1.32 bits per heavy atom. The topological polar surface area (TPSA) is 59.5 Å². The number of halogens is 1. The zero-order valence-electron chi connectivity index (χ0n) is 14.6. The Bertz CT molecular complexity index is 726. The highest BCUT2D eigenvalue weighted by molar-refractivity contribution is 5.77. The molecule has 1 aliphatic heterocycles. The molecule has 5 heteroatoms. The van der Waals surface area contributed by atoms with Crippen LogP contribution in [0.15, 0.2) is 40.8 Å². The molecule has 4 nitrogen and oxygen atoms in total. The Labute approximate surface area is 147 Å². The number of carbonyl (C=O) groups excluding carboxylic acids is 1. The molecule has 2 atom stereocenters. The molecule has 1 amide bonds. The fourth-order valence-corrected chi connectivity index (χ4v) is 3.51. The quantitative estimate of drug-likeness (QED) is 0.899. The average Bonchev–Trinajstić information content (AvgIpc) is 3.08. The minimum Gasteiger partial charge on any atom is -0.461 e. The molecule has 0 radical (unpaired) electrons. The number of piperidine rings is 1. The summed E-state index contributed by atoms with van der Waals surface area (Å²) in [4.78, 5) is 14.5. The molecule has 2 unspecified atom stereocenters. The third-order valence-corrected chi connectivity index (χ3v) is 4.86. The van der Waals surface area contributed by atoms with E-state index in [0.29, 0.717) is 29.9 Å². The summed E-state index contributed by atoms with van der Waals surface area (Å²) in [6.45, 7) is 2.74. The number of rotatable bonds is 5. The SMILES string of the molecule is CC(N)C1CCCCN1C(=O)CCc1ccc(-c2ccccc2F)o1. The van der Waals surface area contributed by atoms with Crippen LogP contribution in [0.4, 0.5) is 4.39 Å². The van der Waals surface area contributed by atoms with E-state index in [9.17, 15) is 9.18 Å². The molecular formula is C20H25FN2O2. The highest BCUT2D eigenvalue weighted by atomic mass is 19.1. The summed E-state index contributed by atoms with van der Waals surface area (Å²) < 4.78 is 19.6. The van der Waals surface area contributed by atoms with Crippen molar-refractivity contribution in [3.63, 3.8) is 0 Å². The van der Waals surface area contributed by atoms with Crippen LogP contribution in [0.2, 0.25) is 0 Å². The van der Waals surface area contributed by atoms with Gasteiger partial charge in [-0.05, 0) is 50.5 Å². The molecule has 0 aliphatic carbocycles. The second-order valence-electron chi connectivity index (χ2n) is 6.76. The Morgan fingerprint density at radius 3 is 2.88 bits per heavy atom. The predicted octanol–water partition coefficient (Wildman–Crippen LogP) is 3.75. The lowest BCUT2D eigenvalue weighted by molar-refractivity contribution is -0.135. The van der Waals surface area contributed by atoms with E-state index in [0.717, 1.165) is 25.8 Å². The molecule has 2 N–H and O–H groups in total. The Kier molecular flexibility index (Phi) is 5.53. The molecular weight excluding hydrogens is 319 g/mol. The average molecular weight is 344 g/mol. The van der Waals surface area contributed by atoms with Crippen molar-refractivity contribution < 1.29 is 13.6 Å². The summed E-state index contributed by atoms with van der Waals surface area (Å²) in [7, 11) is 0. The second-order valence-corrected chi connectivity index (χ2v) is 6.76. The lowest BCUT2D eigenvalue weighted by Gasteiger charge is -2.38. The van der Waals surface area contributed by atoms with Crippen LogP contribution in [0.5, 0.6) is 0 Å². The normalized spacial score (nSPS) is 19.0. The highest BCUT2D eigenvalue weighted by Crippen LogP contribution is 2.26. The number of hydrogen-bond acceptors (Lipinski definition) is 3. The standard InChI is InChI=1S/C20H25FN2O2/c1-14(22)18-8-4-5-13-23(18)20(24)12-10-15-9-11-19(25-15)16-6-2-3-7-17(16)21/h2-3,6-7,9,11,14,18H,4-5,8,10,12-13,22H2,1H3. The maximum Gasteiger partial charge on any atom is 0.223 e. The van der Waals surface area contributed by atoms with Gasteiger partial charge in [-0.2, -0.15) is 0 Å². The first-order chi connectivity index (χ1) is 12.1. The van der Waals surface area contributed by atoms with Crippen LogP contribution in [0, 0.1) is 5.82 Å². The molecule has 0 spiro atoms. The monoisotopic (exact) mass is 344 g/mol. The van der Waals surface area contributed by atoms with Gasteiger partial charge < -0.3 is 15.1 Å². The van der Waals surface area contributed by atoms with Crippen molar-refractivity contribution in [1.29, 1.82) is 0 Å². The number of nitrogens with zero attached hydrogens (tertiary/aromatic N) is 1. The van der Waals surface area contributed by atoms with E-state index < -0.39 is 0 Å². The summed E-state index contributed by atoms with van der Waals surface area (Å²) in [5.74, 6) is 0.992. The van der Waals surface area contributed by atoms with Gasteiger partial charge in [0.05, 0.1) is 5.56 Å². The number of furan rings is 1. The second kappa shape index (κ2) is 7.83. The van der Waals surface area contributed by atoms with Crippen LogP contribution in [-0.4, -0.2) is 29.4 Å². The van der Waals surface area contributed by atoms with E-state index in [4.69, 9.17) is 10.2 Å². The lowest BCUT2D eigenvalue weighted by Crippen LogP contribution is -2.51. The minimum atomic E-state index is -0.312. The molecule has 0 saturated carbocycles. The largest absolute Gasteiger partial charge is 0.461 e. The highest BCUT2D eigenvalue weighted by Gasteiger charge is 2.28. The van der Waals surface area contributed by atoms with Crippen molar-refractivity contribution in [3.05, 3.63) is 48.0 Å². The smallest absolute Gasteiger partial charge is 0.223 e. The fourth-order valence-electron chi connectivity index (χ4n) is 3.51. The van der Waals surface area contributed by atoms with Gasteiger partial charge in [-0.3, -0.25) is 4.79 Å². The van der Waals surface area contributed by atoms with Crippen molar-refractivity contribution in [2.75, 3.05) is 6.54 Å². The van der Waals surface area contributed by atoms with Crippen LogP contribution in [0.1, 0.15) is 38.4 Å². The number of nitrogens with two attached hydrogens (primary N) is 1. The van der Waals surface area contributed by atoms with Crippen LogP contribution in [-0.2, 0) is 11.2 Å². The van der Waals surface area contributed by atoms with Gasteiger partial charge in [-0.15, -0.1) is 0 Å². The maximum atomic E-state index is 13.8. The first-order valence-corrected chi connectivity index (χ1v) is 8.95. The first-order valence-electron chi connectivity index (χ1n) is 8.95. The van der Waals surface area contributed by atoms with Gasteiger partial charge in [0.1, 0.15) is 17.3 Å². The van der Waals surface area contributed by atoms with E-state index in [1.165, 1.54) is 6.07 Å². The lowest BCUT2D eigenvalue weighted by atomic mass is 9.96. The van der Waals surface area contributed by atoms with Gasteiger partial charge in [-0.1, -0.05) is 12.1 Å². The summed E-state index contributed by atoms with van der Waals surface area (Å²) in [5.41, 5.74) is 6.47. The molecule has 1 aromatic heterocycles. The molecule has 1 saturated heterocycles. The molecule has 1 aliphatic rings. The van der Waals surface area contributed by atoms with Crippen molar-refractivity contribution in [3.8, 4) is 11.3 Å². The zero-order valence-corrected chi connectivity index (χ0v) is 14.6. The van der Waals surface area contributed by atoms with Crippen molar-refractivity contribution >= 4 is 5.91 Å². The van der Waals surface area contributed by atoms with E-state index in [1.54, 1.807) is 24.3 Å². The molecule has 2 heterocycles. The number of amides is 1. The van der Waals surface area contributed by atoms with Crippen molar-refractivity contribution in [2.45, 2.75) is 51.1 Å². The number of hydrogen-bond donors (Lipinski definition) is 1. The van der Waals surface area contributed by atoms with Gasteiger partial charge in [0.15, 0.2) is 0 Å². The zero-order chi connectivity index (χ0) is 17.8. The summed E-state index contributed by atoms with van der Waals surface area (Å²) in [5, 5.41) is 0. The third kappa shape index (κ3) is 4.10. The van der Waals surface area contributed by atoms with Gasteiger partial charge in [0, 0.05) is 31.5 Å². The van der Waals surface area contributed by atoms with E-state index >= 15 is 0 Å². The van der Waals surface area contributed by atoms with Gasteiger partial charge in [-0.25, -0.2) is 4.39 Å². The van der Waals surface area contributed by atoms with Crippen LogP contribution in [0.3, 0.4) is 0 Å². The molecule has 1 aromatic carbocycles. The molecule has 134 valence electrons. The Balaban J connectivity index is 1.62. The van der Waals surface area contributed by atoms with Crippen LogP contribution >= 0.6 is 0 Å². The minimum absolute atomic E-state index is 0.0134. The number of likely N-dealkylation sites (tertiary alicyclic amines) is 1. The first kappa shape index (κ1) is 17.7. The van der Waals surface area contributed by atoms with Gasteiger partial charge >= 0.3 is 0 Å². The van der Waals surface area contributed by atoms with E-state index in [1.807, 2.05) is 17.9 Å². The maximum absolute atomic E-state index is 13.8. The number of aryl methyl sites for hydroxylation is 1. The molecule has 0 bridgehead atoms. The number of carbonyl (C=O) groups is 1. The summed E-state index contributed by atoms with van der Waals surface area (Å²) >= 11 is 0. The van der Waals surface area contributed by atoms with E-state index in [-0.39, 0.29) is 23.8 Å². The van der Waals surface area contributed by atoms with Crippen LogP contribution < -0.4 is 5.73 Å². The predicted molar refractivity (Wildman–Crippen MR) is 95.4 cm³/mol. The summed E-state index contributed by atoms with van der Waals surface area (Å²) in [6, 6.07) is 10.2. The summed E-state index contributed by atoms with van der Waals surface area (Å²) in [6.07, 6.45) is 4.03. The van der Waals surface area contributed by atoms with E-state index in [2.05, 4.69) is 0 Å². The Hall–Kier alpha value is -2.14. The fraction of sp³-hybridized carbons (Fsp3) is 0.450.